The van der Waals surface area contributed by atoms with E-state index >= 15 is 0 Å². The Bertz CT molecular complexity index is 571. The second-order valence-electron chi connectivity index (χ2n) is 3.46. The van der Waals surface area contributed by atoms with Gasteiger partial charge in [0.15, 0.2) is 11.5 Å². The number of hydrogen-bond acceptors (Lipinski definition) is 4. The van der Waals surface area contributed by atoms with Crippen molar-refractivity contribution in [2.75, 3.05) is 0 Å². The summed E-state index contributed by atoms with van der Waals surface area (Å²) in [5, 5.41) is 12.3. The summed E-state index contributed by atoms with van der Waals surface area (Å²) >= 11 is 0. The molecule has 0 aliphatic carbocycles. The van der Waals surface area contributed by atoms with E-state index < -0.39 is 5.97 Å². The summed E-state index contributed by atoms with van der Waals surface area (Å²) in [6.45, 7) is 1.28. The molecule has 1 aromatic heterocycles. The van der Waals surface area contributed by atoms with Gasteiger partial charge in [0, 0.05) is 5.56 Å². The van der Waals surface area contributed by atoms with Crippen LogP contribution in [0.4, 0.5) is 0 Å². The summed E-state index contributed by atoms with van der Waals surface area (Å²) in [7, 11) is 0. The van der Waals surface area contributed by atoms with E-state index in [1.165, 1.54) is 6.92 Å². The molecule has 0 atom stereocenters. The summed E-state index contributed by atoms with van der Waals surface area (Å²) in [5.74, 6) is -1.47. The van der Waals surface area contributed by atoms with Gasteiger partial charge in [0.1, 0.15) is 0 Å². The highest BCUT2D eigenvalue weighted by Gasteiger charge is 2.25. The highest BCUT2D eigenvalue weighted by molar-refractivity contribution is 6.07. The molecule has 0 spiro atoms. The van der Waals surface area contributed by atoms with Crippen molar-refractivity contribution in [1.82, 2.24) is 5.16 Å². The number of nitrogens with zero attached hydrogens (tertiary/aromatic N) is 1. The molecule has 2 rings (SSSR count). The van der Waals surface area contributed by atoms with Crippen molar-refractivity contribution >= 4 is 11.8 Å². The van der Waals surface area contributed by atoms with E-state index in [-0.39, 0.29) is 22.8 Å². The molecule has 0 unspecified atom stereocenters. The summed E-state index contributed by atoms with van der Waals surface area (Å²) in [4.78, 5) is 22.4. The second kappa shape index (κ2) is 4.21. The molecule has 2 aromatic rings. The van der Waals surface area contributed by atoms with Gasteiger partial charge < -0.3 is 9.63 Å². The first kappa shape index (κ1) is 11.1. The minimum Gasteiger partial charge on any atom is -0.476 e. The standard InChI is InChI=1S/C12H9NO4/c1-7(14)9-10(12(15)16)13-17-11(9)8-5-3-2-4-6-8/h2-6H,1H3,(H,15,16). The van der Waals surface area contributed by atoms with Gasteiger partial charge in [-0.2, -0.15) is 0 Å². The van der Waals surface area contributed by atoms with E-state index in [0.717, 1.165) is 0 Å². The number of hydrogen-bond donors (Lipinski definition) is 1. The molecule has 0 fully saturated rings. The number of rotatable bonds is 3. The third-order valence-corrected chi connectivity index (χ3v) is 2.28. The number of ketones is 1. The van der Waals surface area contributed by atoms with Crippen molar-refractivity contribution in [3.63, 3.8) is 0 Å². The topological polar surface area (TPSA) is 80.4 Å². The van der Waals surface area contributed by atoms with Gasteiger partial charge in [0.25, 0.3) is 0 Å². The van der Waals surface area contributed by atoms with Crippen LogP contribution in [0.5, 0.6) is 0 Å². The average Bonchev–Trinajstić information content (AvgIpc) is 2.74. The third-order valence-electron chi connectivity index (χ3n) is 2.28. The van der Waals surface area contributed by atoms with E-state index in [9.17, 15) is 9.59 Å². The molecular formula is C12H9NO4. The normalized spacial score (nSPS) is 10.2. The summed E-state index contributed by atoms with van der Waals surface area (Å²) < 4.78 is 4.95. The van der Waals surface area contributed by atoms with E-state index in [1.807, 2.05) is 6.07 Å². The van der Waals surface area contributed by atoms with Gasteiger partial charge in [0.2, 0.25) is 5.69 Å². The highest BCUT2D eigenvalue weighted by atomic mass is 16.5. The Morgan fingerprint density at radius 3 is 2.41 bits per heavy atom. The Labute approximate surface area is 96.7 Å². The van der Waals surface area contributed by atoms with Crippen molar-refractivity contribution in [2.45, 2.75) is 6.92 Å². The van der Waals surface area contributed by atoms with Crippen LogP contribution in [0, 0.1) is 0 Å². The Morgan fingerprint density at radius 1 is 1.24 bits per heavy atom. The van der Waals surface area contributed by atoms with Gasteiger partial charge in [-0.05, 0) is 6.92 Å². The first-order valence-electron chi connectivity index (χ1n) is 4.90. The lowest BCUT2D eigenvalue weighted by Gasteiger charge is -1.97. The fourth-order valence-corrected chi connectivity index (χ4v) is 1.55. The van der Waals surface area contributed by atoms with Crippen molar-refractivity contribution in [2.24, 2.45) is 0 Å². The zero-order valence-corrected chi connectivity index (χ0v) is 9.01. The molecular weight excluding hydrogens is 222 g/mol. The van der Waals surface area contributed by atoms with Crippen LogP contribution in [-0.4, -0.2) is 22.0 Å². The summed E-state index contributed by atoms with van der Waals surface area (Å²) in [5.41, 5.74) is 0.276. The van der Waals surface area contributed by atoms with E-state index in [2.05, 4.69) is 5.16 Å². The molecule has 0 aliphatic heterocycles. The number of carbonyl (C=O) groups is 2. The molecule has 86 valence electrons. The van der Waals surface area contributed by atoms with Crippen LogP contribution in [0.2, 0.25) is 0 Å². The van der Waals surface area contributed by atoms with Gasteiger partial charge in [-0.25, -0.2) is 4.79 Å². The molecule has 0 aliphatic rings. The number of carbonyl (C=O) groups excluding carboxylic acids is 1. The maximum Gasteiger partial charge on any atom is 0.358 e. The zero-order valence-electron chi connectivity index (χ0n) is 9.01. The average molecular weight is 231 g/mol. The van der Waals surface area contributed by atoms with Gasteiger partial charge in [-0.3, -0.25) is 4.79 Å². The Morgan fingerprint density at radius 2 is 1.88 bits per heavy atom. The van der Waals surface area contributed by atoms with Crippen LogP contribution < -0.4 is 0 Å². The van der Waals surface area contributed by atoms with Crippen LogP contribution in [0.15, 0.2) is 34.9 Å². The number of benzene rings is 1. The number of aromatic carboxylic acids is 1. The lowest BCUT2D eigenvalue weighted by molar-refractivity contribution is 0.0681. The predicted octanol–water partition coefficient (Wildman–Crippen LogP) is 2.24. The van der Waals surface area contributed by atoms with Crippen molar-refractivity contribution in [3.8, 4) is 11.3 Å². The lowest BCUT2D eigenvalue weighted by atomic mass is 10.0. The van der Waals surface area contributed by atoms with E-state index in [1.54, 1.807) is 24.3 Å². The van der Waals surface area contributed by atoms with Gasteiger partial charge >= 0.3 is 5.97 Å². The van der Waals surface area contributed by atoms with Gasteiger partial charge in [-0.1, -0.05) is 35.5 Å². The SMILES string of the molecule is CC(=O)c1c(C(=O)O)noc1-c1ccccc1. The second-order valence-corrected chi connectivity index (χ2v) is 3.46. The zero-order chi connectivity index (χ0) is 12.4. The smallest absolute Gasteiger partial charge is 0.358 e. The van der Waals surface area contributed by atoms with Gasteiger partial charge in [0.05, 0.1) is 5.56 Å². The molecule has 0 saturated heterocycles. The van der Waals surface area contributed by atoms with E-state index in [4.69, 9.17) is 9.63 Å². The molecule has 5 nitrogen and oxygen atoms in total. The molecule has 17 heavy (non-hydrogen) atoms. The van der Waals surface area contributed by atoms with Gasteiger partial charge in [-0.15, -0.1) is 0 Å². The van der Waals surface area contributed by atoms with Crippen LogP contribution >= 0.6 is 0 Å². The molecule has 1 N–H and O–H groups in total. The molecule has 1 aromatic carbocycles. The fraction of sp³-hybridized carbons (Fsp3) is 0.0833. The maximum absolute atomic E-state index is 11.5. The molecule has 0 bridgehead atoms. The Hall–Kier alpha value is -2.43. The molecule has 0 saturated carbocycles. The van der Waals surface area contributed by atoms with Crippen molar-refractivity contribution in [3.05, 3.63) is 41.6 Å². The maximum atomic E-state index is 11.5. The number of aromatic nitrogens is 1. The number of Topliss-reactive ketones (excluding diaryl/α,β-unsaturated/α-hetero) is 1. The van der Waals surface area contributed by atoms with Crippen molar-refractivity contribution in [1.29, 1.82) is 0 Å². The first-order chi connectivity index (χ1) is 8.11. The number of carboxylic acids is 1. The van der Waals surface area contributed by atoms with Crippen LogP contribution in [-0.2, 0) is 0 Å². The highest BCUT2D eigenvalue weighted by Crippen LogP contribution is 2.26. The monoisotopic (exact) mass is 231 g/mol. The van der Waals surface area contributed by atoms with Crippen LogP contribution in [0.25, 0.3) is 11.3 Å². The molecule has 5 heteroatoms. The first-order valence-corrected chi connectivity index (χ1v) is 4.90. The molecule has 0 amide bonds. The Balaban J connectivity index is 2.64. The van der Waals surface area contributed by atoms with E-state index in [0.29, 0.717) is 5.56 Å². The number of carboxylic acid groups (broad SMARTS) is 1. The van der Waals surface area contributed by atoms with Crippen LogP contribution in [0.3, 0.4) is 0 Å². The Kier molecular flexibility index (Phi) is 2.74. The lowest BCUT2D eigenvalue weighted by Crippen LogP contribution is -2.05. The largest absolute Gasteiger partial charge is 0.476 e. The summed E-state index contributed by atoms with van der Waals surface area (Å²) in [6.07, 6.45) is 0. The fourth-order valence-electron chi connectivity index (χ4n) is 1.55. The quantitative estimate of drug-likeness (QED) is 0.819. The predicted molar refractivity (Wildman–Crippen MR) is 58.9 cm³/mol. The molecule has 1 heterocycles. The minimum absolute atomic E-state index is 0.00343. The van der Waals surface area contributed by atoms with Crippen molar-refractivity contribution < 1.29 is 19.2 Å². The molecule has 0 radical (unpaired) electrons. The summed E-state index contributed by atoms with van der Waals surface area (Å²) in [6, 6.07) is 8.78. The van der Waals surface area contributed by atoms with Crippen LogP contribution in [0.1, 0.15) is 27.8 Å². The minimum atomic E-state index is -1.28. The third kappa shape index (κ3) is 1.94.